The predicted octanol–water partition coefficient (Wildman–Crippen LogP) is 2.44. The maximum absolute atomic E-state index is 5.72. The van der Waals surface area contributed by atoms with Crippen LogP contribution in [0.25, 0.3) is 0 Å². The van der Waals surface area contributed by atoms with Gasteiger partial charge in [0.25, 0.3) is 0 Å². The van der Waals surface area contributed by atoms with Gasteiger partial charge in [-0.15, -0.1) is 0 Å². The lowest BCUT2D eigenvalue weighted by molar-refractivity contribution is 0.114. The molecule has 0 aliphatic heterocycles. The third-order valence-corrected chi connectivity index (χ3v) is 3.70. The van der Waals surface area contributed by atoms with E-state index < -0.39 is 0 Å². The highest BCUT2D eigenvalue weighted by Gasteiger charge is 2.20. The number of nitrogens with zero attached hydrogens (tertiary/aromatic N) is 1. The molecule has 0 fully saturated rings. The van der Waals surface area contributed by atoms with Gasteiger partial charge in [-0.2, -0.15) is 0 Å². The van der Waals surface area contributed by atoms with Gasteiger partial charge in [0.1, 0.15) is 0 Å². The van der Waals surface area contributed by atoms with E-state index >= 15 is 0 Å². The van der Waals surface area contributed by atoms with E-state index in [1.807, 2.05) is 6.92 Å². The van der Waals surface area contributed by atoms with Crippen LogP contribution >= 0.6 is 12.2 Å². The maximum Gasteiger partial charge on any atom is 0.0784 e. The molecule has 4 heteroatoms. The summed E-state index contributed by atoms with van der Waals surface area (Å²) >= 11 is 5.07. The Morgan fingerprint density at radius 3 is 2.41 bits per heavy atom. The molecule has 0 radical (unpaired) electrons. The van der Waals surface area contributed by atoms with Gasteiger partial charge in [0.05, 0.1) is 11.6 Å². The fraction of sp³-hybridized carbons (Fsp3) is 0.923. The van der Waals surface area contributed by atoms with Crippen LogP contribution in [0.15, 0.2) is 0 Å². The minimum absolute atomic E-state index is 0.0192. The van der Waals surface area contributed by atoms with Crippen molar-refractivity contribution in [2.45, 2.75) is 40.5 Å². The monoisotopic (exact) mass is 260 g/mol. The van der Waals surface area contributed by atoms with Gasteiger partial charge in [0, 0.05) is 18.6 Å². The predicted molar refractivity (Wildman–Crippen MR) is 78.4 cm³/mol. The van der Waals surface area contributed by atoms with Gasteiger partial charge in [-0.3, -0.25) is 0 Å². The maximum atomic E-state index is 5.72. The van der Waals surface area contributed by atoms with Crippen molar-refractivity contribution in [2.24, 2.45) is 11.1 Å². The largest absolute Gasteiger partial charge is 0.393 e. The molecule has 0 aromatic heterocycles. The lowest BCUT2D eigenvalue weighted by Crippen LogP contribution is -2.32. The first-order valence-electron chi connectivity index (χ1n) is 6.54. The average molecular weight is 260 g/mol. The van der Waals surface area contributed by atoms with Crippen molar-refractivity contribution in [1.82, 2.24) is 4.90 Å². The highest BCUT2D eigenvalue weighted by molar-refractivity contribution is 7.80. The van der Waals surface area contributed by atoms with Crippen LogP contribution in [-0.4, -0.2) is 42.7 Å². The van der Waals surface area contributed by atoms with Gasteiger partial charge in [0.2, 0.25) is 0 Å². The molecular weight excluding hydrogens is 232 g/mol. The van der Waals surface area contributed by atoms with E-state index in [4.69, 9.17) is 22.7 Å². The Labute approximate surface area is 112 Å². The van der Waals surface area contributed by atoms with Crippen molar-refractivity contribution in [3.8, 4) is 0 Å². The number of rotatable bonds is 10. The summed E-state index contributed by atoms with van der Waals surface area (Å²) in [4.78, 5) is 3.03. The van der Waals surface area contributed by atoms with Gasteiger partial charge >= 0.3 is 0 Å². The van der Waals surface area contributed by atoms with E-state index in [0.717, 1.165) is 45.7 Å². The van der Waals surface area contributed by atoms with E-state index in [0.29, 0.717) is 4.99 Å². The van der Waals surface area contributed by atoms with Crippen LogP contribution in [0.5, 0.6) is 0 Å². The third kappa shape index (κ3) is 7.68. The molecule has 0 atom stereocenters. The molecule has 0 unspecified atom stereocenters. The summed E-state index contributed by atoms with van der Waals surface area (Å²) in [6.45, 7) is 13.2. The molecule has 0 saturated heterocycles. The molecule has 0 heterocycles. The molecule has 3 nitrogen and oxygen atoms in total. The molecule has 0 saturated carbocycles. The van der Waals surface area contributed by atoms with Crippen molar-refractivity contribution < 1.29 is 4.74 Å². The first-order valence-corrected chi connectivity index (χ1v) is 6.94. The quantitative estimate of drug-likeness (QED) is 0.484. The topological polar surface area (TPSA) is 38.5 Å². The molecule has 0 aliphatic rings. The number of nitrogens with two attached hydrogens (primary N) is 1. The van der Waals surface area contributed by atoms with Crippen molar-refractivity contribution in [3.63, 3.8) is 0 Å². The second-order valence-electron chi connectivity index (χ2n) is 4.98. The fourth-order valence-electron chi connectivity index (χ4n) is 1.63. The van der Waals surface area contributed by atoms with E-state index in [9.17, 15) is 0 Å². The smallest absolute Gasteiger partial charge is 0.0784 e. The Kier molecular flexibility index (Phi) is 8.74. The van der Waals surface area contributed by atoms with Crippen LogP contribution in [0.1, 0.15) is 40.5 Å². The first kappa shape index (κ1) is 16.8. The molecule has 2 N–H and O–H groups in total. The van der Waals surface area contributed by atoms with E-state index in [1.165, 1.54) is 0 Å². The van der Waals surface area contributed by atoms with Crippen molar-refractivity contribution in [1.29, 1.82) is 0 Å². The molecule has 0 rings (SSSR count). The molecule has 102 valence electrons. The van der Waals surface area contributed by atoms with E-state index in [1.54, 1.807) is 0 Å². The molecule has 0 aliphatic carbocycles. The van der Waals surface area contributed by atoms with Gasteiger partial charge in [-0.05, 0) is 32.9 Å². The lowest BCUT2D eigenvalue weighted by atomic mass is 9.88. The standard InChI is InChI=1S/C13H28N2OS/c1-5-15(10-11-16-6-2)9-7-8-13(3,4)12(14)17/h5-11H2,1-4H3,(H2,14,17). The Morgan fingerprint density at radius 1 is 1.29 bits per heavy atom. The second-order valence-corrected chi connectivity index (χ2v) is 5.42. The van der Waals surface area contributed by atoms with Crippen molar-refractivity contribution >= 4 is 17.2 Å². The normalized spacial score (nSPS) is 12.1. The Bertz CT molecular complexity index is 219. The summed E-state index contributed by atoms with van der Waals surface area (Å²) in [5.74, 6) is 0. The summed E-state index contributed by atoms with van der Waals surface area (Å²) in [5, 5.41) is 0. The van der Waals surface area contributed by atoms with E-state index in [2.05, 4.69) is 25.7 Å². The van der Waals surface area contributed by atoms with Crippen LogP contribution in [0.2, 0.25) is 0 Å². The molecule has 0 aromatic rings. The molecule has 17 heavy (non-hydrogen) atoms. The molecular formula is C13H28N2OS. The van der Waals surface area contributed by atoms with Crippen LogP contribution in [0.3, 0.4) is 0 Å². The fourth-order valence-corrected chi connectivity index (χ4v) is 1.74. The van der Waals surface area contributed by atoms with Crippen LogP contribution < -0.4 is 5.73 Å². The number of thiocarbonyl (C=S) groups is 1. The SMILES string of the molecule is CCOCCN(CC)CCCC(C)(C)C(N)=S. The lowest BCUT2D eigenvalue weighted by Gasteiger charge is -2.25. The zero-order chi connectivity index (χ0) is 13.3. The van der Waals surface area contributed by atoms with Gasteiger partial charge in [-0.1, -0.05) is 33.0 Å². The van der Waals surface area contributed by atoms with Gasteiger partial charge in [0.15, 0.2) is 0 Å². The zero-order valence-electron chi connectivity index (χ0n) is 11.8. The van der Waals surface area contributed by atoms with Crippen molar-refractivity contribution in [2.75, 3.05) is 32.8 Å². The summed E-state index contributed by atoms with van der Waals surface area (Å²) in [6, 6.07) is 0. The third-order valence-electron chi connectivity index (χ3n) is 3.15. The van der Waals surface area contributed by atoms with Gasteiger partial charge < -0.3 is 15.4 Å². The Hall–Kier alpha value is -0.190. The molecule has 0 aromatic carbocycles. The van der Waals surface area contributed by atoms with Crippen LogP contribution in [0, 0.1) is 5.41 Å². The average Bonchev–Trinajstić information content (AvgIpc) is 2.26. The summed E-state index contributed by atoms with van der Waals surface area (Å²) in [5.41, 5.74) is 5.70. The highest BCUT2D eigenvalue weighted by Crippen LogP contribution is 2.22. The molecule has 0 amide bonds. The Morgan fingerprint density at radius 2 is 1.94 bits per heavy atom. The van der Waals surface area contributed by atoms with E-state index in [-0.39, 0.29) is 5.41 Å². The first-order chi connectivity index (χ1) is 7.94. The zero-order valence-corrected chi connectivity index (χ0v) is 12.6. The second kappa shape index (κ2) is 8.84. The summed E-state index contributed by atoms with van der Waals surface area (Å²) < 4.78 is 5.37. The Balaban J connectivity index is 3.80. The minimum atomic E-state index is -0.0192. The number of likely N-dealkylation sites (N-methyl/N-ethyl adjacent to an activating group) is 1. The highest BCUT2D eigenvalue weighted by atomic mass is 32.1. The number of hydrogen-bond donors (Lipinski definition) is 1. The molecule has 0 spiro atoms. The van der Waals surface area contributed by atoms with Crippen LogP contribution in [0.4, 0.5) is 0 Å². The summed E-state index contributed by atoms with van der Waals surface area (Å²) in [6.07, 6.45) is 2.18. The number of hydrogen-bond acceptors (Lipinski definition) is 3. The number of ether oxygens (including phenoxy) is 1. The molecule has 0 bridgehead atoms. The minimum Gasteiger partial charge on any atom is -0.393 e. The summed E-state index contributed by atoms with van der Waals surface area (Å²) in [7, 11) is 0. The van der Waals surface area contributed by atoms with Crippen molar-refractivity contribution in [3.05, 3.63) is 0 Å². The van der Waals surface area contributed by atoms with Crippen LogP contribution in [-0.2, 0) is 4.74 Å². The van der Waals surface area contributed by atoms with Gasteiger partial charge in [-0.25, -0.2) is 0 Å².